The van der Waals surface area contributed by atoms with E-state index in [0.29, 0.717) is 23.2 Å². The molecule has 1 aromatic heterocycles. The second-order valence-electron chi connectivity index (χ2n) is 5.19. The van der Waals surface area contributed by atoms with Gasteiger partial charge < -0.3 is 5.32 Å². The summed E-state index contributed by atoms with van der Waals surface area (Å²) in [4.78, 5) is 13.7. The molecule has 0 aliphatic heterocycles. The molecule has 0 saturated heterocycles. The van der Waals surface area contributed by atoms with Crippen LogP contribution in [0.15, 0.2) is 36.5 Å². The Kier molecular flexibility index (Phi) is 4.46. The third-order valence-corrected chi connectivity index (χ3v) is 3.74. The molecule has 2 aromatic carbocycles. The molecule has 0 aliphatic carbocycles. The smallest absolute Gasteiger partial charge is 0.268 e. The third-order valence-electron chi connectivity index (χ3n) is 3.57. The first-order valence-electron chi connectivity index (χ1n) is 7.06. The second kappa shape index (κ2) is 6.54. The number of fused-ring (bicyclic) bond motifs is 1. The average Bonchev–Trinajstić information content (AvgIpc) is 2.99. The number of amides is 1. The Balaban J connectivity index is 2.11. The van der Waals surface area contributed by atoms with Gasteiger partial charge in [0, 0.05) is 35.5 Å². The van der Waals surface area contributed by atoms with Gasteiger partial charge in [0.15, 0.2) is 0 Å². The maximum absolute atomic E-state index is 14.1. The van der Waals surface area contributed by atoms with Crippen LogP contribution in [0.1, 0.15) is 15.9 Å². The van der Waals surface area contributed by atoms with Crippen LogP contribution < -0.4 is 10.2 Å². The number of aromatic nitrogens is 2. The molecule has 8 heteroatoms. The number of benzene rings is 2. The van der Waals surface area contributed by atoms with Gasteiger partial charge in [-0.25, -0.2) is 13.5 Å². The van der Waals surface area contributed by atoms with Crippen LogP contribution in [0.25, 0.3) is 16.6 Å². The number of hydrogen-bond acceptors (Lipinski definition) is 3. The van der Waals surface area contributed by atoms with Crippen LogP contribution in [0.3, 0.4) is 0 Å². The fourth-order valence-electron chi connectivity index (χ4n) is 2.47. The molecule has 124 valence electrons. The number of nitrogens with one attached hydrogen (secondary N) is 2. The molecule has 1 heterocycles. The van der Waals surface area contributed by atoms with Gasteiger partial charge in [-0.15, -0.1) is 0 Å². The zero-order chi connectivity index (χ0) is 17.3. The average molecular weight is 351 g/mol. The SMILES string of the molecule is CNCc1ccc(-n2cc3cc(F)cc(C(=O)NCl)c3n2)cc1F. The van der Waals surface area contributed by atoms with Crippen LogP contribution in [0, 0.1) is 11.6 Å². The van der Waals surface area contributed by atoms with Gasteiger partial charge in [0.2, 0.25) is 0 Å². The molecule has 3 rings (SSSR count). The molecular formula is C16H13ClF2N4O. The lowest BCUT2D eigenvalue weighted by Crippen LogP contribution is -2.13. The van der Waals surface area contributed by atoms with Gasteiger partial charge in [-0.05, 0) is 31.3 Å². The van der Waals surface area contributed by atoms with Gasteiger partial charge in [-0.3, -0.25) is 9.63 Å². The summed E-state index contributed by atoms with van der Waals surface area (Å²) >= 11 is 5.32. The Morgan fingerprint density at radius 1 is 1.29 bits per heavy atom. The predicted octanol–water partition coefficient (Wildman–Crippen LogP) is 2.91. The Labute approximate surface area is 141 Å². The zero-order valence-corrected chi connectivity index (χ0v) is 13.4. The van der Waals surface area contributed by atoms with Crippen molar-refractivity contribution in [3.63, 3.8) is 0 Å². The van der Waals surface area contributed by atoms with E-state index in [-0.39, 0.29) is 16.9 Å². The van der Waals surface area contributed by atoms with E-state index in [9.17, 15) is 13.6 Å². The molecule has 0 bridgehead atoms. The molecule has 2 N–H and O–H groups in total. The van der Waals surface area contributed by atoms with Crippen LogP contribution in [-0.4, -0.2) is 22.7 Å². The molecule has 0 atom stereocenters. The van der Waals surface area contributed by atoms with Crippen molar-refractivity contribution in [2.24, 2.45) is 0 Å². The van der Waals surface area contributed by atoms with E-state index in [1.54, 1.807) is 19.2 Å². The molecular weight excluding hydrogens is 338 g/mol. The first-order chi connectivity index (χ1) is 11.5. The minimum atomic E-state index is -0.665. The zero-order valence-electron chi connectivity index (χ0n) is 12.6. The summed E-state index contributed by atoms with van der Waals surface area (Å²) in [6, 6.07) is 6.96. The molecule has 5 nitrogen and oxygen atoms in total. The quantitative estimate of drug-likeness (QED) is 0.711. The summed E-state index contributed by atoms with van der Waals surface area (Å²) in [6.07, 6.45) is 1.52. The summed E-state index contributed by atoms with van der Waals surface area (Å²) in [5, 5.41) is 7.54. The van der Waals surface area contributed by atoms with Crippen LogP contribution in [0.4, 0.5) is 8.78 Å². The minimum Gasteiger partial charge on any atom is -0.316 e. The van der Waals surface area contributed by atoms with Gasteiger partial charge in [0.1, 0.15) is 17.2 Å². The normalized spacial score (nSPS) is 11.0. The van der Waals surface area contributed by atoms with E-state index in [2.05, 4.69) is 10.4 Å². The lowest BCUT2D eigenvalue weighted by Gasteiger charge is -2.05. The standard InChI is InChI=1S/C16H13ClF2N4O/c1-20-7-9-2-3-12(6-14(9)19)23-8-10-4-11(18)5-13(15(10)22-23)16(24)21-17/h2-6,8,20H,7H2,1H3,(H,21,24). The number of nitrogens with zero attached hydrogens (tertiary/aromatic N) is 2. The number of halogens is 3. The first kappa shape index (κ1) is 16.4. The van der Waals surface area contributed by atoms with Crippen LogP contribution in [0.2, 0.25) is 0 Å². The van der Waals surface area contributed by atoms with Crippen LogP contribution in [-0.2, 0) is 6.54 Å². The van der Waals surface area contributed by atoms with E-state index in [0.717, 1.165) is 6.07 Å². The number of carbonyl (C=O) groups excluding carboxylic acids is 1. The van der Waals surface area contributed by atoms with E-state index in [1.165, 1.54) is 23.0 Å². The highest BCUT2D eigenvalue weighted by atomic mass is 35.5. The molecule has 24 heavy (non-hydrogen) atoms. The van der Waals surface area contributed by atoms with E-state index >= 15 is 0 Å². The van der Waals surface area contributed by atoms with E-state index in [1.807, 2.05) is 4.84 Å². The van der Waals surface area contributed by atoms with Gasteiger partial charge in [0.25, 0.3) is 5.91 Å². The molecule has 3 aromatic rings. The topological polar surface area (TPSA) is 59.0 Å². The Bertz CT molecular complexity index is 926. The summed E-state index contributed by atoms with van der Waals surface area (Å²) in [7, 11) is 1.73. The van der Waals surface area contributed by atoms with Gasteiger partial charge >= 0.3 is 0 Å². The van der Waals surface area contributed by atoms with Gasteiger partial charge in [-0.2, -0.15) is 5.10 Å². The maximum Gasteiger partial charge on any atom is 0.268 e. The van der Waals surface area contributed by atoms with Crippen molar-refractivity contribution in [3.05, 3.63) is 59.3 Å². The fourth-order valence-corrected chi connectivity index (χ4v) is 2.57. The minimum absolute atomic E-state index is 0.00558. The molecule has 0 radical (unpaired) electrons. The highest BCUT2D eigenvalue weighted by molar-refractivity contribution is 6.25. The van der Waals surface area contributed by atoms with Crippen molar-refractivity contribution in [1.82, 2.24) is 19.9 Å². The summed E-state index contributed by atoms with van der Waals surface area (Å²) < 4.78 is 29.2. The molecule has 0 saturated carbocycles. The molecule has 0 unspecified atom stereocenters. The summed E-state index contributed by atoms with van der Waals surface area (Å²) in [5.41, 5.74) is 1.26. The van der Waals surface area contributed by atoms with Crippen molar-refractivity contribution in [2.45, 2.75) is 6.54 Å². The molecule has 1 amide bonds. The number of carbonyl (C=O) groups is 1. The van der Waals surface area contributed by atoms with Crippen molar-refractivity contribution in [1.29, 1.82) is 0 Å². The molecule has 0 fully saturated rings. The summed E-state index contributed by atoms with van der Waals surface area (Å²) in [6.45, 7) is 0.401. The maximum atomic E-state index is 14.1. The highest BCUT2D eigenvalue weighted by Gasteiger charge is 2.16. The van der Waals surface area contributed by atoms with Crippen molar-refractivity contribution >= 4 is 28.6 Å². The monoisotopic (exact) mass is 350 g/mol. The van der Waals surface area contributed by atoms with Crippen molar-refractivity contribution < 1.29 is 13.6 Å². The summed E-state index contributed by atoms with van der Waals surface area (Å²) in [5.74, 6) is -1.64. The van der Waals surface area contributed by atoms with Gasteiger partial charge in [-0.1, -0.05) is 6.07 Å². The van der Waals surface area contributed by atoms with Crippen molar-refractivity contribution in [3.8, 4) is 5.69 Å². The fraction of sp³-hybridized carbons (Fsp3) is 0.125. The first-order valence-corrected chi connectivity index (χ1v) is 7.44. The Hall–Kier alpha value is -2.51. The van der Waals surface area contributed by atoms with E-state index in [4.69, 9.17) is 11.8 Å². The van der Waals surface area contributed by atoms with Crippen LogP contribution in [0.5, 0.6) is 0 Å². The lowest BCUT2D eigenvalue weighted by molar-refractivity contribution is 0.0983. The third kappa shape index (κ3) is 2.95. The highest BCUT2D eigenvalue weighted by Crippen LogP contribution is 2.22. The molecule has 0 spiro atoms. The largest absolute Gasteiger partial charge is 0.316 e. The predicted molar refractivity (Wildman–Crippen MR) is 87.1 cm³/mol. The van der Waals surface area contributed by atoms with Crippen LogP contribution >= 0.6 is 11.8 Å². The molecule has 0 aliphatic rings. The van der Waals surface area contributed by atoms with E-state index < -0.39 is 11.7 Å². The van der Waals surface area contributed by atoms with Gasteiger partial charge in [0.05, 0.1) is 11.3 Å². The Morgan fingerprint density at radius 2 is 2.08 bits per heavy atom. The Morgan fingerprint density at radius 3 is 2.75 bits per heavy atom. The lowest BCUT2D eigenvalue weighted by atomic mass is 10.1. The second-order valence-corrected chi connectivity index (χ2v) is 5.38. The number of hydrogen-bond donors (Lipinski definition) is 2. The number of rotatable bonds is 4. The van der Waals surface area contributed by atoms with Crippen molar-refractivity contribution in [2.75, 3.05) is 7.05 Å².